The van der Waals surface area contributed by atoms with E-state index in [1.807, 2.05) is 34.6 Å². The summed E-state index contributed by atoms with van der Waals surface area (Å²) in [5.74, 6) is 0.576. The molecule has 2 heterocycles. The molecular weight excluding hydrogens is 268 g/mol. The number of hydrogen-bond donors (Lipinski definition) is 1. The topological polar surface area (TPSA) is 67.4 Å². The zero-order valence-corrected chi connectivity index (χ0v) is 13.4. The summed E-state index contributed by atoms with van der Waals surface area (Å²) in [6.45, 7) is 11.8. The van der Waals surface area contributed by atoms with Gasteiger partial charge in [-0.3, -0.25) is 4.79 Å². The molecule has 1 aromatic rings. The van der Waals surface area contributed by atoms with E-state index in [2.05, 4.69) is 15.3 Å². The molecule has 0 aliphatic carbocycles. The van der Waals surface area contributed by atoms with Gasteiger partial charge in [0.25, 0.3) is 5.91 Å². The van der Waals surface area contributed by atoms with Crippen LogP contribution in [-0.2, 0) is 4.74 Å². The van der Waals surface area contributed by atoms with Gasteiger partial charge in [0.15, 0.2) is 0 Å². The standard InChI is InChI=1S/C15H24N4O2/c1-6-16-12-8-17-11(7-18-12)13(20)19-9-14(2,3)21-15(4,5)10-19/h7-8H,6,9-10H2,1-5H3,(H,16,18). The Morgan fingerprint density at radius 3 is 2.33 bits per heavy atom. The quantitative estimate of drug-likeness (QED) is 0.922. The fraction of sp³-hybridized carbons (Fsp3) is 0.667. The molecule has 1 saturated heterocycles. The first-order chi connectivity index (χ1) is 9.72. The van der Waals surface area contributed by atoms with Crippen LogP contribution in [0.15, 0.2) is 12.4 Å². The minimum absolute atomic E-state index is 0.102. The molecule has 2 rings (SSSR count). The van der Waals surface area contributed by atoms with Crippen LogP contribution in [0, 0.1) is 0 Å². The SMILES string of the molecule is CCNc1cnc(C(=O)N2CC(C)(C)OC(C)(C)C2)cn1. The highest BCUT2D eigenvalue weighted by atomic mass is 16.5. The highest BCUT2D eigenvalue weighted by molar-refractivity contribution is 5.92. The van der Waals surface area contributed by atoms with Crippen LogP contribution in [0.4, 0.5) is 5.82 Å². The lowest BCUT2D eigenvalue weighted by Gasteiger charge is -2.47. The third kappa shape index (κ3) is 3.91. The van der Waals surface area contributed by atoms with Crippen LogP contribution in [0.2, 0.25) is 0 Å². The van der Waals surface area contributed by atoms with E-state index in [0.29, 0.717) is 24.6 Å². The van der Waals surface area contributed by atoms with Crippen LogP contribution < -0.4 is 5.32 Å². The summed E-state index contributed by atoms with van der Waals surface area (Å²) in [5.41, 5.74) is -0.367. The molecule has 0 unspecified atom stereocenters. The molecule has 1 amide bonds. The van der Waals surface area contributed by atoms with E-state index >= 15 is 0 Å². The van der Waals surface area contributed by atoms with Gasteiger partial charge in [-0.1, -0.05) is 0 Å². The summed E-state index contributed by atoms with van der Waals surface area (Å²) in [7, 11) is 0. The second-order valence-electron chi connectivity index (χ2n) is 6.60. The lowest BCUT2D eigenvalue weighted by molar-refractivity contribution is -0.171. The normalized spacial score (nSPS) is 20.1. The number of hydrogen-bond acceptors (Lipinski definition) is 5. The van der Waals surface area contributed by atoms with Gasteiger partial charge in [-0.15, -0.1) is 0 Å². The Morgan fingerprint density at radius 1 is 1.24 bits per heavy atom. The summed E-state index contributed by atoms with van der Waals surface area (Å²) >= 11 is 0. The number of nitrogens with one attached hydrogen (secondary N) is 1. The molecule has 0 saturated carbocycles. The third-order valence-electron chi connectivity index (χ3n) is 3.21. The Kier molecular flexibility index (Phi) is 4.18. The van der Waals surface area contributed by atoms with Gasteiger partial charge in [-0.25, -0.2) is 9.97 Å². The zero-order valence-electron chi connectivity index (χ0n) is 13.4. The molecule has 21 heavy (non-hydrogen) atoms. The molecule has 1 aliphatic rings. The van der Waals surface area contributed by atoms with Crippen molar-refractivity contribution in [3.8, 4) is 0 Å². The molecule has 1 aromatic heterocycles. The molecule has 0 bridgehead atoms. The number of morpholine rings is 1. The Morgan fingerprint density at radius 2 is 1.86 bits per heavy atom. The van der Waals surface area contributed by atoms with E-state index in [4.69, 9.17) is 4.74 Å². The molecule has 0 atom stereocenters. The van der Waals surface area contributed by atoms with Crippen molar-refractivity contribution in [1.29, 1.82) is 0 Å². The van der Waals surface area contributed by atoms with E-state index in [1.165, 1.54) is 6.20 Å². The highest BCUT2D eigenvalue weighted by Crippen LogP contribution is 2.28. The predicted molar refractivity (Wildman–Crippen MR) is 81.3 cm³/mol. The molecule has 116 valence electrons. The number of carbonyl (C=O) groups excluding carboxylic acids is 1. The van der Waals surface area contributed by atoms with E-state index in [9.17, 15) is 4.79 Å². The first kappa shape index (κ1) is 15.7. The molecule has 6 heteroatoms. The summed E-state index contributed by atoms with van der Waals surface area (Å²) in [6.07, 6.45) is 3.11. The lowest BCUT2D eigenvalue weighted by atomic mass is 9.98. The van der Waals surface area contributed by atoms with Crippen molar-refractivity contribution in [2.24, 2.45) is 0 Å². The number of ether oxygens (including phenoxy) is 1. The molecule has 0 radical (unpaired) electrons. The summed E-state index contributed by atoms with van der Waals surface area (Å²) in [5, 5.41) is 3.06. The van der Waals surface area contributed by atoms with Crippen LogP contribution in [-0.4, -0.2) is 51.6 Å². The minimum Gasteiger partial charge on any atom is -0.369 e. The van der Waals surface area contributed by atoms with Crippen LogP contribution in [0.1, 0.15) is 45.1 Å². The second-order valence-corrected chi connectivity index (χ2v) is 6.60. The van der Waals surface area contributed by atoms with Crippen molar-refractivity contribution in [2.75, 3.05) is 25.0 Å². The van der Waals surface area contributed by atoms with E-state index in [1.54, 1.807) is 11.1 Å². The van der Waals surface area contributed by atoms with E-state index < -0.39 is 0 Å². The van der Waals surface area contributed by atoms with Gasteiger partial charge in [-0.05, 0) is 34.6 Å². The number of nitrogens with zero attached hydrogens (tertiary/aromatic N) is 3. The largest absolute Gasteiger partial charge is 0.369 e. The average Bonchev–Trinajstić information content (AvgIpc) is 2.35. The molecule has 6 nitrogen and oxygen atoms in total. The maximum Gasteiger partial charge on any atom is 0.274 e. The molecular formula is C15H24N4O2. The second kappa shape index (κ2) is 5.60. The van der Waals surface area contributed by atoms with Crippen LogP contribution in [0.3, 0.4) is 0 Å². The van der Waals surface area contributed by atoms with Gasteiger partial charge < -0.3 is 15.0 Å². The van der Waals surface area contributed by atoms with Gasteiger partial charge >= 0.3 is 0 Å². The number of aromatic nitrogens is 2. The fourth-order valence-electron chi connectivity index (χ4n) is 2.80. The Labute approximate surface area is 125 Å². The smallest absolute Gasteiger partial charge is 0.274 e. The number of rotatable bonds is 3. The monoisotopic (exact) mass is 292 g/mol. The van der Waals surface area contributed by atoms with Gasteiger partial charge in [0, 0.05) is 19.6 Å². The van der Waals surface area contributed by atoms with Crippen molar-refractivity contribution in [2.45, 2.75) is 45.8 Å². The summed E-state index contributed by atoms with van der Waals surface area (Å²) in [4.78, 5) is 22.8. The molecule has 0 aromatic carbocycles. The third-order valence-corrected chi connectivity index (χ3v) is 3.21. The first-order valence-electron chi connectivity index (χ1n) is 7.28. The van der Waals surface area contributed by atoms with Crippen molar-refractivity contribution in [1.82, 2.24) is 14.9 Å². The van der Waals surface area contributed by atoms with Gasteiger partial charge in [-0.2, -0.15) is 0 Å². The highest BCUT2D eigenvalue weighted by Gasteiger charge is 2.40. The van der Waals surface area contributed by atoms with E-state index in [-0.39, 0.29) is 17.1 Å². The van der Waals surface area contributed by atoms with Crippen LogP contribution in [0.5, 0.6) is 0 Å². The van der Waals surface area contributed by atoms with Gasteiger partial charge in [0.2, 0.25) is 0 Å². The van der Waals surface area contributed by atoms with Gasteiger partial charge in [0.05, 0.1) is 23.6 Å². The molecule has 1 N–H and O–H groups in total. The lowest BCUT2D eigenvalue weighted by Crippen LogP contribution is -2.58. The van der Waals surface area contributed by atoms with Crippen molar-refractivity contribution in [3.63, 3.8) is 0 Å². The zero-order chi connectivity index (χ0) is 15.7. The average molecular weight is 292 g/mol. The predicted octanol–water partition coefficient (Wildman–Crippen LogP) is 1.94. The van der Waals surface area contributed by atoms with Crippen molar-refractivity contribution < 1.29 is 9.53 Å². The van der Waals surface area contributed by atoms with Gasteiger partial charge in [0.1, 0.15) is 11.5 Å². The maximum atomic E-state index is 12.6. The maximum absolute atomic E-state index is 12.6. The minimum atomic E-state index is -0.367. The Bertz CT molecular complexity index is 495. The Hall–Kier alpha value is -1.69. The fourth-order valence-corrected chi connectivity index (χ4v) is 2.80. The molecule has 1 aliphatic heterocycles. The molecule has 0 spiro atoms. The van der Waals surface area contributed by atoms with Crippen molar-refractivity contribution in [3.05, 3.63) is 18.1 Å². The number of anilines is 1. The summed E-state index contributed by atoms with van der Waals surface area (Å²) in [6, 6.07) is 0. The summed E-state index contributed by atoms with van der Waals surface area (Å²) < 4.78 is 5.99. The van der Waals surface area contributed by atoms with E-state index in [0.717, 1.165) is 6.54 Å². The van der Waals surface area contributed by atoms with Crippen molar-refractivity contribution >= 4 is 11.7 Å². The molecule has 1 fully saturated rings. The number of amides is 1. The Balaban J connectivity index is 2.15. The van der Waals surface area contributed by atoms with Crippen LogP contribution >= 0.6 is 0 Å². The van der Waals surface area contributed by atoms with Crippen LogP contribution in [0.25, 0.3) is 0 Å². The number of carbonyl (C=O) groups is 1. The first-order valence-corrected chi connectivity index (χ1v) is 7.28.